The van der Waals surface area contributed by atoms with Gasteiger partial charge in [0, 0.05) is 10.9 Å². The van der Waals surface area contributed by atoms with Gasteiger partial charge in [0.15, 0.2) is 0 Å². The lowest BCUT2D eigenvalue weighted by atomic mass is 10.1. The maximum atomic E-state index is 10.8. The number of carboxylic acid groups (broad SMARTS) is 1. The molecule has 0 bridgehead atoms. The van der Waals surface area contributed by atoms with Crippen molar-refractivity contribution in [3.05, 3.63) is 33.3 Å². The Morgan fingerprint density at radius 3 is 2.81 bits per heavy atom. The van der Waals surface area contributed by atoms with E-state index in [1.54, 1.807) is 18.2 Å². The molecule has 0 saturated carbocycles. The molecule has 6 heteroatoms. The highest BCUT2D eigenvalue weighted by molar-refractivity contribution is 9.10. The first-order chi connectivity index (χ1) is 7.54. The molecule has 0 fully saturated rings. The van der Waals surface area contributed by atoms with Crippen LogP contribution in [0.3, 0.4) is 0 Å². The zero-order valence-corrected chi connectivity index (χ0v) is 10.5. The van der Waals surface area contributed by atoms with Crippen LogP contribution in [0.15, 0.2) is 22.7 Å². The summed E-state index contributed by atoms with van der Waals surface area (Å²) in [5.74, 6) is -1.07. The molecule has 0 aliphatic rings. The number of hydrogen-bond acceptors (Lipinski definition) is 2. The van der Waals surface area contributed by atoms with Crippen molar-refractivity contribution in [2.24, 2.45) is 0 Å². The SMILES string of the molecule is O=CNC(Cc1ccc(Cl)c(Br)c1)C(=O)O. The summed E-state index contributed by atoms with van der Waals surface area (Å²) in [4.78, 5) is 21.0. The Morgan fingerprint density at radius 1 is 1.62 bits per heavy atom. The molecule has 1 atom stereocenters. The second-order valence-corrected chi connectivity index (χ2v) is 4.39. The van der Waals surface area contributed by atoms with Gasteiger partial charge in [-0.2, -0.15) is 0 Å². The fraction of sp³-hybridized carbons (Fsp3) is 0.200. The van der Waals surface area contributed by atoms with Crippen molar-refractivity contribution in [1.29, 1.82) is 0 Å². The van der Waals surface area contributed by atoms with E-state index in [1.165, 1.54) is 0 Å². The number of carbonyl (C=O) groups is 2. The Kier molecular flexibility index (Phi) is 4.76. The van der Waals surface area contributed by atoms with Crippen molar-refractivity contribution in [1.82, 2.24) is 5.32 Å². The van der Waals surface area contributed by atoms with E-state index in [2.05, 4.69) is 21.2 Å². The van der Waals surface area contributed by atoms with E-state index in [-0.39, 0.29) is 6.42 Å². The van der Waals surface area contributed by atoms with Crippen LogP contribution in [0.25, 0.3) is 0 Å². The number of benzene rings is 1. The maximum Gasteiger partial charge on any atom is 0.326 e. The molecular weight excluding hydrogens is 297 g/mol. The molecule has 1 rings (SSSR count). The van der Waals surface area contributed by atoms with Crippen LogP contribution in [-0.2, 0) is 16.0 Å². The number of halogens is 2. The summed E-state index contributed by atoms with van der Waals surface area (Å²) in [6, 6.07) is 4.19. The fourth-order valence-corrected chi connectivity index (χ4v) is 1.75. The maximum absolute atomic E-state index is 10.8. The third-order valence-corrected chi connectivity index (χ3v) is 3.21. The van der Waals surface area contributed by atoms with Crippen molar-refractivity contribution < 1.29 is 14.7 Å². The largest absolute Gasteiger partial charge is 0.480 e. The van der Waals surface area contributed by atoms with Crippen molar-refractivity contribution in [2.75, 3.05) is 0 Å². The summed E-state index contributed by atoms with van der Waals surface area (Å²) in [6.07, 6.45) is 0.591. The number of hydrogen-bond donors (Lipinski definition) is 2. The quantitative estimate of drug-likeness (QED) is 0.816. The average Bonchev–Trinajstić information content (AvgIpc) is 2.22. The lowest BCUT2D eigenvalue weighted by molar-refractivity contribution is -0.140. The molecule has 0 aliphatic carbocycles. The molecule has 2 N–H and O–H groups in total. The number of nitrogens with one attached hydrogen (secondary N) is 1. The Morgan fingerprint density at radius 2 is 2.31 bits per heavy atom. The van der Waals surface area contributed by atoms with Gasteiger partial charge in [-0.05, 0) is 33.6 Å². The van der Waals surface area contributed by atoms with E-state index in [0.29, 0.717) is 15.9 Å². The number of aliphatic carboxylic acids is 1. The minimum atomic E-state index is -1.07. The van der Waals surface area contributed by atoms with Crippen molar-refractivity contribution >= 4 is 39.9 Å². The smallest absolute Gasteiger partial charge is 0.326 e. The molecule has 16 heavy (non-hydrogen) atoms. The van der Waals surface area contributed by atoms with Gasteiger partial charge in [0.1, 0.15) is 6.04 Å². The van der Waals surface area contributed by atoms with Crippen LogP contribution in [0.1, 0.15) is 5.56 Å². The molecule has 0 saturated heterocycles. The van der Waals surface area contributed by atoms with E-state index >= 15 is 0 Å². The molecule has 0 heterocycles. The van der Waals surface area contributed by atoms with E-state index in [9.17, 15) is 9.59 Å². The molecular formula is C10H9BrClNO3. The molecule has 86 valence electrons. The highest BCUT2D eigenvalue weighted by Crippen LogP contribution is 2.23. The second kappa shape index (κ2) is 5.86. The topological polar surface area (TPSA) is 66.4 Å². The minimum Gasteiger partial charge on any atom is -0.480 e. The van der Waals surface area contributed by atoms with E-state index in [1.807, 2.05) is 0 Å². The normalized spacial score (nSPS) is 11.9. The Hall–Kier alpha value is -1.07. The zero-order valence-electron chi connectivity index (χ0n) is 8.11. The van der Waals surface area contributed by atoms with Gasteiger partial charge >= 0.3 is 5.97 Å². The van der Waals surface area contributed by atoms with E-state index in [4.69, 9.17) is 16.7 Å². The molecule has 4 nitrogen and oxygen atoms in total. The van der Waals surface area contributed by atoms with E-state index in [0.717, 1.165) is 5.56 Å². The van der Waals surface area contributed by atoms with Crippen LogP contribution in [0.5, 0.6) is 0 Å². The van der Waals surface area contributed by atoms with Gasteiger partial charge in [0.2, 0.25) is 6.41 Å². The monoisotopic (exact) mass is 305 g/mol. The predicted molar refractivity (Wildman–Crippen MR) is 63.5 cm³/mol. The summed E-state index contributed by atoms with van der Waals surface area (Å²) in [5, 5.41) is 11.6. The summed E-state index contributed by atoms with van der Waals surface area (Å²) in [6.45, 7) is 0. The van der Waals surface area contributed by atoms with E-state index < -0.39 is 12.0 Å². The van der Waals surface area contributed by atoms with Crippen LogP contribution in [0, 0.1) is 0 Å². The highest BCUT2D eigenvalue weighted by Gasteiger charge is 2.16. The summed E-state index contributed by atoms with van der Waals surface area (Å²) >= 11 is 9.05. The van der Waals surface area contributed by atoms with Gasteiger partial charge in [0.25, 0.3) is 0 Å². The molecule has 1 amide bonds. The third kappa shape index (κ3) is 3.50. The number of amides is 1. The second-order valence-electron chi connectivity index (χ2n) is 3.13. The first-order valence-corrected chi connectivity index (χ1v) is 5.58. The van der Waals surface area contributed by atoms with Crippen LogP contribution < -0.4 is 5.32 Å². The molecule has 1 aromatic carbocycles. The highest BCUT2D eigenvalue weighted by atomic mass is 79.9. The van der Waals surface area contributed by atoms with Gasteiger partial charge in [0.05, 0.1) is 5.02 Å². The summed E-state index contributed by atoms with van der Waals surface area (Å²) in [5.41, 5.74) is 0.776. The standard InChI is InChI=1S/C10H9BrClNO3/c11-7-3-6(1-2-8(7)12)4-9(10(15)16)13-5-14/h1-3,5,9H,4H2,(H,13,14)(H,15,16). The lowest BCUT2D eigenvalue weighted by Gasteiger charge is -2.11. The predicted octanol–water partition coefficient (Wildman–Crippen LogP) is 1.84. The van der Waals surface area contributed by atoms with Gasteiger partial charge in [-0.1, -0.05) is 17.7 Å². The number of carbonyl (C=O) groups excluding carboxylic acids is 1. The third-order valence-electron chi connectivity index (χ3n) is 1.99. The fourth-order valence-electron chi connectivity index (χ4n) is 1.20. The van der Waals surface area contributed by atoms with Crippen molar-refractivity contribution in [3.63, 3.8) is 0 Å². The molecule has 0 aliphatic heterocycles. The Balaban J connectivity index is 2.81. The summed E-state index contributed by atoms with van der Waals surface area (Å²) in [7, 11) is 0. The summed E-state index contributed by atoms with van der Waals surface area (Å²) < 4.78 is 0.696. The average molecular weight is 307 g/mol. The molecule has 0 radical (unpaired) electrons. The first-order valence-electron chi connectivity index (χ1n) is 4.41. The molecule has 1 unspecified atom stereocenters. The van der Waals surface area contributed by atoms with Gasteiger partial charge in [-0.15, -0.1) is 0 Å². The number of carboxylic acids is 1. The van der Waals surface area contributed by atoms with Gasteiger partial charge in [-0.3, -0.25) is 4.79 Å². The van der Waals surface area contributed by atoms with Crippen LogP contribution in [0.4, 0.5) is 0 Å². The Bertz CT molecular complexity index is 411. The minimum absolute atomic E-state index is 0.212. The lowest BCUT2D eigenvalue weighted by Crippen LogP contribution is -2.37. The number of rotatable bonds is 5. The zero-order chi connectivity index (χ0) is 12.1. The van der Waals surface area contributed by atoms with Gasteiger partial charge < -0.3 is 10.4 Å². The first kappa shape index (κ1) is 13.0. The van der Waals surface area contributed by atoms with Crippen LogP contribution in [0.2, 0.25) is 5.02 Å². The molecule has 0 spiro atoms. The molecule has 1 aromatic rings. The van der Waals surface area contributed by atoms with Gasteiger partial charge in [-0.25, -0.2) is 4.79 Å². The Labute approximate surface area is 106 Å². The van der Waals surface area contributed by atoms with Crippen LogP contribution in [-0.4, -0.2) is 23.5 Å². The molecule has 0 aromatic heterocycles. The van der Waals surface area contributed by atoms with Crippen molar-refractivity contribution in [2.45, 2.75) is 12.5 Å². The van der Waals surface area contributed by atoms with Crippen molar-refractivity contribution in [3.8, 4) is 0 Å². The van der Waals surface area contributed by atoms with Crippen LogP contribution >= 0.6 is 27.5 Å².